The number of nitrogens with one attached hydrogen (secondary N) is 1. The van der Waals surface area contributed by atoms with Crippen molar-refractivity contribution in [2.45, 2.75) is 18.9 Å². The van der Waals surface area contributed by atoms with Gasteiger partial charge in [0.05, 0.1) is 16.4 Å². The molecule has 0 bridgehead atoms. The topological polar surface area (TPSA) is 42.0 Å². The molecule has 0 aliphatic carbocycles. The smallest absolute Gasteiger partial charge is 0.221 e. The molecule has 3 nitrogen and oxygen atoms in total. The van der Waals surface area contributed by atoms with E-state index in [9.17, 15) is 4.79 Å². The van der Waals surface area contributed by atoms with Crippen LogP contribution < -0.4 is 5.32 Å². The van der Waals surface area contributed by atoms with Gasteiger partial charge in [0.1, 0.15) is 0 Å². The molecule has 0 saturated carbocycles. The van der Waals surface area contributed by atoms with E-state index < -0.39 is 0 Å². The summed E-state index contributed by atoms with van der Waals surface area (Å²) in [6, 6.07) is 3.76. The van der Waals surface area contributed by atoms with Crippen molar-refractivity contribution in [2.75, 3.05) is 11.6 Å². The van der Waals surface area contributed by atoms with Crippen LogP contribution in [0, 0.1) is 6.92 Å². The molecule has 0 aromatic carbocycles. The Morgan fingerprint density at radius 1 is 1.54 bits per heavy atom. The minimum Gasteiger partial charge on any atom is -0.325 e. The lowest BCUT2D eigenvalue weighted by Gasteiger charge is -2.06. The Labute approximate surface area is 81.9 Å². The van der Waals surface area contributed by atoms with Gasteiger partial charge in [-0.25, -0.2) is 4.98 Å². The van der Waals surface area contributed by atoms with Gasteiger partial charge in [-0.1, -0.05) is 0 Å². The molecule has 1 aromatic rings. The van der Waals surface area contributed by atoms with Crippen LogP contribution in [-0.4, -0.2) is 17.1 Å². The fourth-order valence-electron chi connectivity index (χ4n) is 0.973. The molecule has 0 aliphatic heterocycles. The van der Waals surface area contributed by atoms with Crippen molar-refractivity contribution in [2.24, 2.45) is 0 Å². The van der Waals surface area contributed by atoms with Gasteiger partial charge in [-0.2, -0.15) is 0 Å². The third-order valence-electron chi connectivity index (χ3n) is 1.58. The number of nitrogens with zero attached hydrogens (tertiary/aromatic N) is 1. The van der Waals surface area contributed by atoms with Gasteiger partial charge >= 0.3 is 0 Å². The second-order valence-corrected chi connectivity index (χ2v) is 3.49. The Bertz CT molecular complexity index is 325. The van der Waals surface area contributed by atoms with Gasteiger partial charge in [0.2, 0.25) is 5.91 Å². The summed E-state index contributed by atoms with van der Waals surface area (Å²) in [5.74, 6) is -0.0678. The van der Waals surface area contributed by atoms with Crippen LogP contribution in [-0.2, 0) is 4.79 Å². The molecule has 0 aliphatic rings. The van der Waals surface area contributed by atoms with Crippen molar-refractivity contribution in [3.05, 3.63) is 17.8 Å². The summed E-state index contributed by atoms with van der Waals surface area (Å²) in [5, 5.41) is 3.68. The minimum absolute atomic E-state index is 0.0678. The molecular formula is C9H12N2OS. The minimum atomic E-state index is -0.0678. The van der Waals surface area contributed by atoms with E-state index in [2.05, 4.69) is 10.3 Å². The molecule has 13 heavy (non-hydrogen) atoms. The summed E-state index contributed by atoms with van der Waals surface area (Å²) in [4.78, 5) is 15.1. The Hall–Kier alpha value is -1.03. The SMILES string of the molecule is CSc1ccc(NC(C)=O)c(C)n1. The number of amides is 1. The average molecular weight is 196 g/mol. The summed E-state index contributed by atoms with van der Waals surface area (Å²) >= 11 is 1.59. The van der Waals surface area contributed by atoms with E-state index in [1.165, 1.54) is 6.92 Å². The second kappa shape index (κ2) is 4.28. The molecule has 70 valence electrons. The first-order chi connectivity index (χ1) is 6.13. The number of hydrogen-bond donors (Lipinski definition) is 1. The van der Waals surface area contributed by atoms with Gasteiger partial charge < -0.3 is 5.32 Å². The highest BCUT2D eigenvalue weighted by atomic mass is 32.2. The van der Waals surface area contributed by atoms with E-state index in [0.717, 1.165) is 16.4 Å². The first kappa shape index (κ1) is 10.1. The molecule has 0 atom stereocenters. The molecular weight excluding hydrogens is 184 g/mol. The Morgan fingerprint density at radius 3 is 2.69 bits per heavy atom. The monoisotopic (exact) mass is 196 g/mol. The molecule has 1 rings (SSSR count). The molecule has 0 unspecified atom stereocenters. The summed E-state index contributed by atoms with van der Waals surface area (Å²) in [5.41, 5.74) is 1.63. The van der Waals surface area contributed by atoms with Gasteiger partial charge in [-0.05, 0) is 25.3 Å². The van der Waals surface area contributed by atoms with Crippen molar-refractivity contribution >= 4 is 23.4 Å². The number of carbonyl (C=O) groups is 1. The number of rotatable bonds is 2. The summed E-state index contributed by atoms with van der Waals surface area (Å²) < 4.78 is 0. The van der Waals surface area contributed by atoms with Crippen LogP contribution in [0.1, 0.15) is 12.6 Å². The highest BCUT2D eigenvalue weighted by Gasteiger charge is 2.01. The van der Waals surface area contributed by atoms with Gasteiger partial charge in [0, 0.05) is 6.92 Å². The zero-order chi connectivity index (χ0) is 9.84. The molecule has 1 amide bonds. The normalized spacial score (nSPS) is 9.77. The number of aromatic nitrogens is 1. The van der Waals surface area contributed by atoms with Crippen molar-refractivity contribution in [3.63, 3.8) is 0 Å². The third kappa shape index (κ3) is 2.73. The van der Waals surface area contributed by atoms with E-state index in [-0.39, 0.29) is 5.91 Å². The molecule has 4 heteroatoms. The maximum atomic E-state index is 10.8. The summed E-state index contributed by atoms with van der Waals surface area (Å²) in [7, 11) is 0. The van der Waals surface area contributed by atoms with Crippen LogP contribution in [0.3, 0.4) is 0 Å². The lowest BCUT2D eigenvalue weighted by atomic mass is 10.3. The number of hydrogen-bond acceptors (Lipinski definition) is 3. The lowest BCUT2D eigenvalue weighted by molar-refractivity contribution is -0.114. The number of thioether (sulfide) groups is 1. The van der Waals surface area contributed by atoms with Gasteiger partial charge in [-0.3, -0.25) is 4.79 Å². The highest BCUT2D eigenvalue weighted by Crippen LogP contribution is 2.18. The van der Waals surface area contributed by atoms with E-state index in [1.807, 2.05) is 25.3 Å². The zero-order valence-corrected chi connectivity index (χ0v) is 8.73. The van der Waals surface area contributed by atoms with E-state index in [0.29, 0.717) is 0 Å². The van der Waals surface area contributed by atoms with Gasteiger partial charge in [0.25, 0.3) is 0 Å². The maximum absolute atomic E-state index is 10.8. The maximum Gasteiger partial charge on any atom is 0.221 e. The van der Waals surface area contributed by atoms with E-state index in [1.54, 1.807) is 11.8 Å². The molecule has 0 radical (unpaired) electrons. The van der Waals surface area contributed by atoms with Crippen molar-refractivity contribution in [3.8, 4) is 0 Å². The first-order valence-electron chi connectivity index (χ1n) is 3.92. The Morgan fingerprint density at radius 2 is 2.23 bits per heavy atom. The van der Waals surface area contributed by atoms with Gasteiger partial charge in [-0.15, -0.1) is 11.8 Å². The standard InChI is InChI=1S/C9H12N2OS/c1-6-8(11-7(2)12)4-5-9(10-6)13-3/h4-5H,1-3H3,(H,11,12). The van der Waals surface area contributed by atoms with Gasteiger partial charge in [0.15, 0.2) is 0 Å². The van der Waals surface area contributed by atoms with Crippen LogP contribution in [0.5, 0.6) is 0 Å². The fraction of sp³-hybridized carbons (Fsp3) is 0.333. The molecule has 0 fully saturated rings. The van der Waals surface area contributed by atoms with Crippen LogP contribution in [0.15, 0.2) is 17.2 Å². The highest BCUT2D eigenvalue weighted by molar-refractivity contribution is 7.98. The van der Waals surface area contributed by atoms with Crippen molar-refractivity contribution < 1.29 is 4.79 Å². The van der Waals surface area contributed by atoms with E-state index >= 15 is 0 Å². The van der Waals surface area contributed by atoms with Crippen LogP contribution >= 0.6 is 11.8 Å². The predicted molar refractivity (Wildman–Crippen MR) is 55.1 cm³/mol. The molecule has 1 aromatic heterocycles. The van der Waals surface area contributed by atoms with Crippen molar-refractivity contribution in [1.82, 2.24) is 4.98 Å². The number of carbonyl (C=O) groups excluding carboxylic acids is 1. The Balaban J connectivity index is 2.91. The molecule has 0 spiro atoms. The fourth-order valence-corrected chi connectivity index (χ4v) is 1.41. The quantitative estimate of drug-likeness (QED) is 0.736. The largest absolute Gasteiger partial charge is 0.325 e. The second-order valence-electron chi connectivity index (χ2n) is 2.67. The van der Waals surface area contributed by atoms with E-state index in [4.69, 9.17) is 0 Å². The predicted octanol–water partition coefficient (Wildman–Crippen LogP) is 2.07. The zero-order valence-electron chi connectivity index (χ0n) is 7.92. The Kier molecular flexibility index (Phi) is 3.31. The molecule has 0 saturated heterocycles. The van der Waals surface area contributed by atoms with Crippen LogP contribution in [0.4, 0.5) is 5.69 Å². The van der Waals surface area contributed by atoms with Crippen LogP contribution in [0.25, 0.3) is 0 Å². The average Bonchev–Trinajstić information content (AvgIpc) is 2.08. The van der Waals surface area contributed by atoms with Crippen molar-refractivity contribution in [1.29, 1.82) is 0 Å². The third-order valence-corrected chi connectivity index (χ3v) is 2.23. The lowest BCUT2D eigenvalue weighted by Crippen LogP contribution is -2.07. The first-order valence-corrected chi connectivity index (χ1v) is 5.15. The summed E-state index contributed by atoms with van der Waals surface area (Å²) in [6.07, 6.45) is 1.97. The van der Waals surface area contributed by atoms with Crippen LogP contribution in [0.2, 0.25) is 0 Å². The number of pyridine rings is 1. The number of aryl methyl sites for hydroxylation is 1. The summed E-state index contributed by atoms with van der Waals surface area (Å²) in [6.45, 7) is 3.37. The molecule has 1 heterocycles. The number of anilines is 1. The molecule has 1 N–H and O–H groups in total.